The number of hydrazone groups is 1. The Labute approximate surface area is 189 Å². The largest absolute Gasteiger partial charge is 0.488 e. The van der Waals surface area contributed by atoms with Crippen molar-refractivity contribution in [1.82, 2.24) is 0 Å². The van der Waals surface area contributed by atoms with Gasteiger partial charge >= 0.3 is 6.18 Å². The van der Waals surface area contributed by atoms with Gasteiger partial charge in [0, 0.05) is 10.0 Å². The molecule has 0 atom stereocenters. The average molecular weight is 518 g/mol. The second-order valence-corrected chi connectivity index (χ2v) is 7.89. The third-order valence-corrected chi connectivity index (χ3v) is 5.19. The van der Waals surface area contributed by atoms with Crippen LogP contribution in [0.25, 0.3) is 0 Å². The molecule has 0 unspecified atom stereocenters. The molecule has 30 heavy (non-hydrogen) atoms. The van der Waals surface area contributed by atoms with Gasteiger partial charge in [-0.3, -0.25) is 5.43 Å². The van der Waals surface area contributed by atoms with E-state index in [0.29, 0.717) is 27.0 Å². The Hall–Kier alpha value is -2.22. The lowest BCUT2D eigenvalue weighted by Crippen LogP contribution is -2.04. The summed E-state index contributed by atoms with van der Waals surface area (Å²) in [5.41, 5.74) is 3.92. The van der Waals surface area contributed by atoms with E-state index >= 15 is 0 Å². The van der Waals surface area contributed by atoms with E-state index in [1.165, 1.54) is 18.3 Å². The van der Waals surface area contributed by atoms with Gasteiger partial charge in [0.1, 0.15) is 12.4 Å². The van der Waals surface area contributed by atoms with E-state index in [4.69, 9.17) is 27.9 Å². The molecule has 3 nitrogen and oxygen atoms in total. The molecule has 0 radical (unpaired) electrons. The van der Waals surface area contributed by atoms with Crippen molar-refractivity contribution in [3.8, 4) is 5.75 Å². The number of nitrogens with one attached hydrogen (secondary N) is 1. The number of rotatable bonds is 6. The summed E-state index contributed by atoms with van der Waals surface area (Å²) >= 11 is 15.3. The molecule has 1 N–H and O–H groups in total. The summed E-state index contributed by atoms with van der Waals surface area (Å²) in [4.78, 5) is 0. The summed E-state index contributed by atoms with van der Waals surface area (Å²) in [5.74, 6) is 0.572. The lowest BCUT2D eigenvalue weighted by molar-refractivity contribution is -0.137. The number of hydrogen-bond acceptors (Lipinski definition) is 3. The molecule has 9 heteroatoms. The van der Waals surface area contributed by atoms with Crippen molar-refractivity contribution in [1.29, 1.82) is 0 Å². The van der Waals surface area contributed by atoms with E-state index in [1.54, 1.807) is 18.2 Å². The molecule has 0 amide bonds. The number of benzene rings is 3. The van der Waals surface area contributed by atoms with E-state index < -0.39 is 11.7 Å². The molecule has 3 aromatic rings. The van der Waals surface area contributed by atoms with Crippen molar-refractivity contribution < 1.29 is 17.9 Å². The molecule has 0 aromatic heterocycles. The minimum Gasteiger partial charge on any atom is -0.488 e. The van der Waals surface area contributed by atoms with E-state index in [2.05, 4.69) is 26.5 Å². The van der Waals surface area contributed by atoms with Crippen molar-refractivity contribution in [2.45, 2.75) is 12.8 Å². The predicted molar refractivity (Wildman–Crippen MR) is 118 cm³/mol. The second kappa shape index (κ2) is 9.73. The third-order valence-electron chi connectivity index (χ3n) is 3.96. The zero-order valence-corrected chi connectivity index (χ0v) is 18.3. The van der Waals surface area contributed by atoms with Crippen LogP contribution in [0.2, 0.25) is 10.0 Å². The molecule has 0 heterocycles. The molecule has 0 aliphatic carbocycles. The van der Waals surface area contributed by atoms with Crippen LogP contribution in [0.1, 0.15) is 16.7 Å². The number of nitrogens with zero attached hydrogens (tertiary/aromatic N) is 1. The lowest BCUT2D eigenvalue weighted by Gasteiger charge is -2.10. The highest BCUT2D eigenvalue weighted by atomic mass is 79.9. The van der Waals surface area contributed by atoms with Crippen LogP contribution >= 0.6 is 39.1 Å². The first kappa shape index (κ1) is 22.5. The van der Waals surface area contributed by atoms with Crippen LogP contribution in [0.15, 0.2) is 70.2 Å². The SMILES string of the molecule is FC(F)(F)c1ccc(NN=Cc2cc(Br)ccc2OCc2ccc(Cl)c(Cl)c2)cc1. The van der Waals surface area contributed by atoms with Gasteiger partial charge in [0.15, 0.2) is 0 Å². The zero-order chi connectivity index (χ0) is 21.7. The Morgan fingerprint density at radius 3 is 2.37 bits per heavy atom. The normalized spacial score (nSPS) is 11.7. The van der Waals surface area contributed by atoms with Gasteiger partial charge in [-0.25, -0.2) is 0 Å². The molecule has 0 bridgehead atoms. The Balaban J connectivity index is 1.69. The summed E-state index contributed by atoms with van der Waals surface area (Å²) in [6.07, 6.45) is -2.86. The molecule has 0 saturated heterocycles. The number of hydrogen-bond donors (Lipinski definition) is 1. The van der Waals surface area contributed by atoms with Crippen molar-refractivity contribution in [3.63, 3.8) is 0 Å². The fourth-order valence-electron chi connectivity index (χ4n) is 2.45. The van der Waals surface area contributed by atoms with Gasteiger partial charge in [0.25, 0.3) is 0 Å². The smallest absolute Gasteiger partial charge is 0.416 e. The Morgan fingerprint density at radius 2 is 1.70 bits per heavy atom. The van der Waals surface area contributed by atoms with E-state index in [0.717, 1.165) is 22.2 Å². The van der Waals surface area contributed by atoms with Crippen molar-refractivity contribution >= 4 is 51.0 Å². The topological polar surface area (TPSA) is 33.6 Å². The van der Waals surface area contributed by atoms with Crippen LogP contribution in [0.5, 0.6) is 5.75 Å². The third kappa shape index (κ3) is 6.14. The van der Waals surface area contributed by atoms with Crippen LogP contribution in [0.4, 0.5) is 18.9 Å². The molecule has 3 aromatic carbocycles. The monoisotopic (exact) mass is 516 g/mol. The second-order valence-electron chi connectivity index (χ2n) is 6.16. The van der Waals surface area contributed by atoms with Crippen molar-refractivity contribution in [2.24, 2.45) is 5.10 Å². The van der Waals surface area contributed by atoms with Gasteiger partial charge in [0.2, 0.25) is 0 Å². The van der Waals surface area contributed by atoms with Crippen LogP contribution in [-0.4, -0.2) is 6.21 Å². The maximum atomic E-state index is 12.6. The van der Waals surface area contributed by atoms with E-state index in [9.17, 15) is 13.2 Å². The standard InChI is InChI=1S/C21H14BrCl2F3N2O/c22-16-4-8-20(30-12-13-1-7-18(23)19(24)9-13)14(10-16)11-28-29-17-5-2-15(3-6-17)21(25,26)27/h1-11,29H,12H2. The maximum absolute atomic E-state index is 12.6. The molecule has 0 saturated carbocycles. The maximum Gasteiger partial charge on any atom is 0.416 e. The quantitative estimate of drug-likeness (QED) is 0.267. The van der Waals surface area contributed by atoms with E-state index in [1.807, 2.05) is 18.2 Å². The number of halogens is 6. The molecular weight excluding hydrogens is 504 g/mol. The van der Waals surface area contributed by atoms with Gasteiger partial charge in [-0.05, 0) is 60.2 Å². The van der Waals surface area contributed by atoms with Crippen LogP contribution in [-0.2, 0) is 12.8 Å². The fourth-order valence-corrected chi connectivity index (χ4v) is 3.15. The molecule has 0 aliphatic rings. The molecular formula is C21H14BrCl2F3N2O. The molecule has 0 fully saturated rings. The first-order valence-electron chi connectivity index (χ1n) is 8.55. The molecule has 0 spiro atoms. The van der Waals surface area contributed by atoms with Crippen LogP contribution in [0.3, 0.4) is 0 Å². The van der Waals surface area contributed by atoms with Gasteiger partial charge in [-0.2, -0.15) is 18.3 Å². The molecule has 3 rings (SSSR count). The summed E-state index contributed by atoms with van der Waals surface area (Å²) in [5, 5.41) is 5.00. The number of ether oxygens (including phenoxy) is 1. The lowest BCUT2D eigenvalue weighted by atomic mass is 10.2. The molecule has 156 valence electrons. The molecule has 0 aliphatic heterocycles. The first-order chi connectivity index (χ1) is 14.2. The highest BCUT2D eigenvalue weighted by molar-refractivity contribution is 9.10. The van der Waals surface area contributed by atoms with Gasteiger partial charge in [0.05, 0.1) is 27.5 Å². The van der Waals surface area contributed by atoms with Gasteiger partial charge < -0.3 is 4.74 Å². The summed E-state index contributed by atoms with van der Waals surface area (Å²) < 4.78 is 44.6. The van der Waals surface area contributed by atoms with Crippen molar-refractivity contribution in [2.75, 3.05) is 5.43 Å². The summed E-state index contributed by atoms with van der Waals surface area (Å²) in [7, 11) is 0. The highest BCUT2D eigenvalue weighted by Crippen LogP contribution is 2.30. The number of alkyl halides is 3. The van der Waals surface area contributed by atoms with Gasteiger partial charge in [-0.15, -0.1) is 0 Å². The Morgan fingerprint density at radius 1 is 0.967 bits per heavy atom. The Bertz CT molecular complexity index is 1060. The summed E-state index contributed by atoms with van der Waals surface area (Å²) in [6, 6.07) is 15.2. The highest BCUT2D eigenvalue weighted by Gasteiger charge is 2.29. The predicted octanol–water partition coefficient (Wildman–Crippen LogP) is 7.80. The van der Waals surface area contributed by atoms with Gasteiger partial charge in [-0.1, -0.05) is 45.2 Å². The Kier molecular flexibility index (Phi) is 7.28. The number of anilines is 1. The average Bonchev–Trinajstić information content (AvgIpc) is 2.69. The van der Waals surface area contributed by atoms with Crippen LogP contribution in [0, 0.1) is 0 Å². The summed E-state index contributed by atoms with van der Waals surface area (Å²) in [6.45, 7) is 0.270. The fraction of sp³-hybridized carbons (Fsp3) is 0.0952. The first-order valence-corrected chi connectivity index (χ1v) is 10.1. The minimum atomic E-state index is -4.38. The van der Waals surface area contributed by atoms with Crippen LogP contribution < -0.4 is 10.2 Å². The van der Waals surface area contributed by atoms with Crippen molar-refractivity contribution in [3.05, 3.63) is 91.9 Å². The van der Waals surface area contributed by atoms with E-state index in [-0.39, 0.29) is 6.61 Å². The zero-order valence-electron chi connectivity index (χ0n) is 15.2. The minimum absolute atomic E-state index is 0.270.